The fourth-order valence-electron chi connectivity index (χ4n) is 2.14. The lowest BCUT2D eigenvalue weighted by Crippen LogP contribution is -2.38. The summed E-state index contributed by atoms with van der Waals surface area (Å²) in [5.41, 5.74) is 2.47. The number of para-hydroxylation sites is 1. The van der Waals surface area contributed by atoms with Crippen LogP contribution in [0.2, 0.25) is 0 Å². The number of aliphatic carboxylic acids is 1. The Morgan fingerprint density at radius 3 is 2.57 bits per heavy atom. The molecule has 1 aromatic heterocycles. The molecule has 0 aliphatic heterocycles. The Balaban J connectivity index is 2.28. The predicted molar refractivity (Wildman–Crippen MR) is 81.5 cm³/mol. The van der Waals surface area contributed by atoms with Gasteiger partial charge in [-0.3, -0.25) is 9.59 Å². The minimum absolute atomic E-state index is 0.0796. The molecule has 2 aromatic rings. The maximum atomic E-state index is 12.3. The van der Waals surface area contributed by atoms with Crippen molar-refractivity contribution in [3.8, 4) is 0 Å². The quantitative estimate of drug-likeness (QED) is 0.808. The van der Waals surface area contributed by atoms with E-state index in [2.05, 4.69) is 10.3 Å². The molecule has 1 aromatic carbocycles. The molecule has 2 rings (SSSR count). The van der Waals surface area contributed by atoms with Gasteiger partial charge in [-0.1, -0.05) is 12.1 Å². The van der Waals surface area contributed by atoms with E-state index in [1.54, 1.807) is 19.9 Å². The van der Waals surface area contributed by atoms with Crippen LogP contribution in [0.15, 0.2) is 18.2 Å². The molecule has 0 aliphatic rings. The van der Waals surface area contributed by atoms with E-state index in [9.17, 15) is 9.59 Å². The van der Waals surface area contributed by atoms with E-state index in [0.717, 1.165) is 22.2 Å². The minimum Gasteiger partial charge on any atom is -0.481 e. The lowest BCUT2D eigenvalue weighted by molar-refractivity contribution is -0.146. The first kappa shape index (κ1) is 15.1. The summed E-state index contributed by atoms with van der Waals surface area (Å²) in [6.07, 6.45) is 0. The van der Waals surface area contributed by atoms with Crippen LogP contribution in [0.4, 0.5) is 0 Å². The molecule has 21 heavy (non-hydrogen) atoms. The Morgan fingerprint density at radius 2 is 1.95 bits per heavy atom. The molecule has 0 aliphatic carbocycles. The van der Waals surface area contributed by atoms with Crippen LogP contribution in [0.25, 0.3) is 10.9 Å². The number of carbonyl (C=O) groups excluding carboxylic acids is 1. The van der Waals surface area contributed by atoms with Crippen molar-refractivity contribution >= 4 is 22.8 Å². The summed E-state index contributed by atoms with van der Waals surface area (Å²) >= 11 is 0. The van der Waals surface area contributed by atoms with E-state index in [4.69, 9.17) is 5.11 Å². The zero-order valence-electron chi connectivity index (χ0n) is 12.7. The van der Waals surface area contributed by atoms with Crippen molar-refractivity contribution in [3.05, 3.63) is 35.0 Å². The van der Waals surface area contributed by atoms with Crippen LogP contribution in [-0.4, -0.2) is 28.5 Å². The smallest absolute Gasteiger partial charge is 0.310 e. The van der Waals surface area contributed by atoms with E-state index in [1.165, 1.54) is 0 Å². The van der Waals surface area contributed by atoms with Gasteiger partial charge in [0.25, 0.3) is 5.91 Å². The first-order valence-electron chi connectivity index (χ1n) is 6.83. The molecular formula is C16H20N2O3. The van der Waals surface area contributed by atoms with Gasteiger partial charge < -0.3 is 15.4 Å². The highest BCUT2D eigenvalue weighted by Crippen LogP contribution is 2.24. The number of carbonyl (C=O) groups is 2. The van der Waals surface area contributed by atoms with E-state index < -0.39 is 11.4 Å². The Morgan fingerprint density at radius 1 is 1.29 bits per heavy atom. The molecule has 0 spiro atoms. The average molecular weight is 288 g/mol. The normalized spacial score (nSPS) is 11.6. The van der Waals surface area contributed by atoms with Crippen molar-refractivity contribution in [1.82, 2.24) is 10.3 Å². The molecule has 0 saturated carbocycles. The summed E-state index contributed by atoms with van der Waals surface area (Å²) in [6.45, 7) is 7.21. The van der Waals surface area contributed by atoms with E-state index in [0.29, 0.717) is 5.56 Å². The average Bonchev–Trinajstić information content (AvgIpc) is 2.72. The Labute approximate surface area is 123 Å². The van der Waals surface area contributed by atoms with Gasteiger partial charge >= 0.3 is 5.97 Å². The topological polar surface area (TPSA) is 82.2 Å². The standard InChI is InChI=1S/C16H20N2O3/c1-9-10(2)18-13-11(9)6-5-7-12(13)14(19)17-8-16(3,4)15(20)21/h5-7,18H,8H2,1-4H3,(H,17,19)(H,20,21). The molecule has 3 N–H and O–H groups in total. The second-order valence-electron chi connectivity index (χ2n) is 5.97. The second kappa shape index (κ2) is 5.24. The van der Waals surface area contributed by atoms with Crippen LogP contribution in [-0.2, 0) is 4.79 Å². The number of benzene rings is 1. The van der Waals surface area contributed by atoms with E-state index in [1.807, 2.05) is 26.0 Å². The lowest BCUT2D eigenvalue weighted by Gasteiger charge is -2.19. The second-order valence-corrected chi connectivity index (χ2v) is 5.97. The summed E-state index contributed by atoms with van der Waals surface area (Å²) in [5.74, 6) is -1.20. The number of aryl methyl sites for hydroxylation is 2. The summed E-state index contributed by atoms with van der Waals surface area (Å²) in [5, 5.41) is 12.8. The molecular weight excluding hydrogens is 268 g/mol. The molecule has 1 heterocycles. The lowest BCUT2D eigenvalue weighted by atomic mass is 9.94. The van der Waals surface area contributed by atoms with Crippen molar-refractivity contribution < 1.29 is 14.7 Å². The zero-order valence-corrected chi connectivity index (χ0v) is 12.7. The molecule has 0 fully saturated rings. The number of rotatable bonds is 4. The van der Waals surface area contributed by atoms with Gasteiger partial charge in [0.05, 0.1) is 16.5 Å². The van der Waals surface area contributed by atoms with Gasteiger partial charge in [-0.15, -0.1) is 0 Å². The monoisotopic (exact) mass is 288 g/mol. The third-order valence-corrected chi connectivity index (χ3v) is 3.86. The summed E-state index contributed by atoms with van der Waals surface area (Å²) < 4.78 is 0. The third-order valence-electron chi connectivity index (χ3n) is 3.86. The first-order chi connectivity index (χ1) is 9.74. The van der Waals surface area contributed by atoms with Crippen molar-refractivity contribution in [2.45, 2.75) is 27.7 Å². The molecule has 5 nitrogen and oxygen atoms in total. The maximum Gasteiger partial charge on any atom is 0.310 e. The number of fused-ring (bicyclic) bond motifs is 1. The van der Waals surface area contributed by atoms with Crippen molar-refractivity contribution in [2.75, 3.05) is 6.54 Å². The maximum absolute atomic E-state index is 12.3. The van der Waals surface area contributed by atoms with Crippen LogP contribution in [0, 0.1) is 19.3 Å². The molecule has 0 saturated heterocycles. The predicted octanol–water partition coefficient (Wildman–Crippen LogP) is 2.63. The van der Waals surface area contributed by atoms with Crippen molar-refractivity contribution in [3.63, 3.8) is 0 Å². The molecule has 0 bridgehead atoms. The molecule has 0 radical (unpaired) electrons. The third kappa shape index (κ3) is 2.77. The summed E-state index contributed by atoms with van der Waals surface area (Å²) in [4.78, 5) is 26.6. The van der Waals surface area contributed by atoms with Crippen molar-refractivity contribution in [1.29, 1.82) is 0 Å². The van der Waals surface area contributed by atoms with Crippen LogP contribution in [0.5, 0.6) is 0 Å². The van der Waals surface area contributed by atoms with Gasteiger partial charge in [0.2, 0.25) is 0 Å². The van der Waals surface area contributed by atoms with Gasteiger partial charge in [-0.25, -0.2) is 0 Å². The van der Waals surface area contributed by atoms with Gasteiger partial charge in [0.1, 0.15) is 0 Å². The highest BCUT2D eigenvalue weighted by atomic mass is 16.4. The summed E-state index contributed by atoms with van der Waals surface area (Å²) in [6, 6.07) is 5.53. The molecule has 1 amide bonds. The fourth-order valence-corrected chi connectivity index (χ4v) is 2.14. The number of amides is 1. The van der Waals surface area contributed by atoms with Crippen molar-refractivity contribution in [2.24, 2.45) is 5.41 Å². The van der Waals surface area contributed by atoms with Crippen LogP contribution >= 0.6 is 0 Å². The largest absolute Gasteiger partial charge is 0.481 e. The number of H-pyrrole nitrogens is 1. The molecule has 0 atom stereocenters. The Bertz CT molecular complexity index is 714. The molecule has 112 valence electrons. The van der Waals surface area contributed by atoms with Crippen LogP contribution in [0.3, 0.4) is 0 Å². The SMILES string of the molecule is Cc1[nH]c2c(C(=O)NCC(C)(C)C(=O)O)cccc2c1C. The zero-order chi connectivity index (χ0) is 15.8. The van der Waals surface area contributed by atoms with Gasteiger partial charge in [-0.2, -0.15) is 0 Å². The van der Waals surface area contributed by atoms with Gasteiger partial charge in [0.15, 0.2) is 0 Å². The number of aromatic amines is 1. The highest BCUT2D eigenvalue weighted by molar-refractivity contribution is 6.06. The number of carboxylic acid groups (broad SMARTS) is 1. The molecule has 5 heteroatoms. The Kier molecular flexibility index (Phi) is 3.77. The van der Waals surface area contributed by atoms with E-state index >= 15 is 0 Å². The number of nitrogens with one attached hydrogen (secondary N) is 2. The van der Waals surface area contributed by atoms with Gasteiger partial charge in [-0.05, 0) is 39.3 Å². The Hall–Kier alpha value is -2.30. The summed E-state index contributed by atoms with van der Waals surface area (Å²) in [7, 11) is 0. The highest BCUT2D eigenvalue weighted by Gasteiger charge is 2.28. The van der Waals surface area contributed by atoms with Crippen LogP contribution in [0.1, 0.15) is 35.5 Å². The van der Waals surface area contributed by atoms with E-state index in [-0.39, 0.29) is 12.5 Å². The fraction of sp³-hybridized carbons (Fsp3) is 0.375. The van der Waals surface area contributed by atoms with Gasteiger partial charge in [0, 0.05) is 17.6 Å². The first-order valence-corrected chi connectivity index (χ1v) is 6.83. The number of carboxylic acids is 1. The number of hydrogen-bond acceptors (Lipinski definition) is 2. The number of aromatic nitrogens is 1. The number of hydrogen-bond donors (Lipinski definition) is 3. The molecule has 0 unspecified atom stereocenters. The van der Waals surface area contributed by atoms with Crippen LogP contribution < -0.4 is 5.32 Å². The minimum atomic E-state index is -0.995.